The molecule has 0 fully saturated rings. The lowest BCUT2D eigenvalue weighted by molar-refractivity contribution is -0.134. The lowest BCUT2D eigenvalue weighted by atomic mass is 10.1. The molecular formula is C14H15F3N2S. The molecule has 20 heavy (non-hydrogen) atoms. The molecule has 2 nitrogen and oxygen atoms in total. The number of nitrogens with zero attached hydrogens (tertiary/aromatic N) is 2. The molecular weight excluding hydrogens is 285 g/mol. The minimum absolute atomic E-state index is 0.00796. The number of rotatable bonds is 4. The summed E-state index contributed by atoms with van der Waals surface area (Å²) in [5, 5.41) is 0. The Hall–Kier alpha value is -1.56. The van der Waals surface area contributed by atoms with Crippen LogP contribution in [0.15, 0.2) is 29.8 Å². The van der Waals surface area contributed by atoms with Gasteiger partial charge in [0.15, 0.2) is 0 Å². The highest BCUT2D eigenvalue weighted by Gasteiger charge is 2.36. The van der Waals surface area contributed by atoms with E-state index in [2.05, 4.69) is 9.88 Å². The van der Waals surface area contributed by atoms with Gasteiger partial charge in [0.2, 0.25) is 0 Å². The van der Waals surface area contributed by atoms with E-state index >= 15 is 0 Å². The Morgan fingerprint density at radius 2 is 1.70 bits per heavy atom. The molecule has 6 heteroatoms. The van der Waals surface area contributed by atoms with Gasteiger partial charge in [-0.1, -0.05) is 12.1 Å². The highest BCUT2D eigenvalue weighted by atomic mass is 32.1. The quantitative estimate of drug-likeness (QED) is 0.815. The summed E-state index contributed by atoms with van der Waals surface area (Å²) in [6.45, 7) is 5.81. The average Bonchev–Trinajstić information content (AvgIpc) is 2.90. The van der Waals surface area contributed by atoms with E-state index in [1.807, 2.05) is 26.0 Å². The van der Waals surface area contributed by atoms with Crippen LogP contribution in [0, 0.1) is 0 Å². The van der Waals surface area contributed by atoms with Gasteiger partial charge in [0.1, 0.15) is 4.88 Å². The maximum atomic E-state index is 12.8. The van der Waals surface area contributed by atoms with Gasteiger partial charge < -0.3 is 4.90 Å². The molecule has 0 atom stereocenters. The van der Waals surface area contributed by atoms with Crippen LogP contribution in [0.5, 0.6) is 0 Å². The molecule has 108 valence electrons. The van der Waals surface area contributed by atoms with E-state index in [9.17, 15) is 13.2 Å². The lowest BCUT2D eigenvalue weighted by Gasteiger charge is -2.21. The zero-order valence-corrected chi connectivity index (χ0v) is 12.1. The predicted octanol–water partition coefficient (Wildman–Crippen LogP) is 4.68. The number of hydrogen-bond acceptors (Lipinski definition) is 3. The third kappa shape index (κ3) is 2.95. The van der Waals surface area contributed by atoms with Crippen LogP contribution in [0.25, 0.3) is 11.3 Å². The third-order valence-corrected chi connectivity index (χ3v) is 3.97. The predicted molar refractivity (Wildman–Crippen MR) is 76.1 cm³/mol. The molecule has 0 amide bonds. The van der Waals surface area contributed by atoms with Crippen molar-refractivity contribution < 1.29 is 13.2 Å². The zero-order chi connectivity index (χ0) is 14.8. The van der Waals surface area contributed by atoms with Crippen LogP contribution in [-0.2, 0) is 6.18 Å². The second-order valence-electron chi connectivity index (χ2n) is 4.25. The molecule has 0 saturated heterocycles. The normalized spacial score (nSPS) is 11.7. The molecule has 0 radical (unpaired) electrons. The van der Waals surface area contributed by atoms with Gasteiger partial charge in [-0.15, -0.1) is 11.3 Å². The first-order valence-corrected chi connectivity index (χ1v) is 7.21. The number of benzene rings is 1. The van der Waals surface area contributed by atoms with Crippen molar-refractivity contribution in [3.63, 3.8) is 0 Å². The van der Waals surface area contributed by atoms with Gasteiger partial charge in [-0.2, -0.15) is 13.2 Å². The smallest absolute Gasteiger partial charge is 0.372 e. The van der Waals surface area contributed by atoms with E-state index in [1.165, 1.54) is 5.51 Å². The van der Waals surface area contributed by atoms with Gasteiger partial charge in [-0.25, -0.2) is 4.98 Å². The Balaban J connectivity index is 2.34. The Morgan fingerprint density at radius 3 is 2.20 bits per heavy atom. The standard InChI is InChI=1S/C14H15F3N2S/c1-3-19(4-2)11-7-5-10(6-8-11)12-13(14(15,16)17)20-9-18-12/h5-9H,3-4H2,1-2H3. The fourth-order valence-electron chi connectivity index (χ4n) is 2.07. The minimum atomic E-state index is -4.35. The van der Waals surface area contributed by atoms with Gasteiger partial charge in [0, 0.05) is 24.3 Å². The van der Waals surface area contributed by atoms with E-state index < -0.39 is 11.1 Å². The highest BCUT2D eigenvalue weighted by molar-refractivity contribution is 7.10. The molecule has 2 aromatic rings. The molecule has 2 rings (SSSR count). The highest BCUT2D eigenvalue weighted by Crippen LogP contribution is 2.39. The van der Waals surface area contributed by atoms with Crippen molar-refractivity contribution in [3.05, 3.63) is 34.7 Å². The summed E-state index contributed by atoms with van der Waals surface area (Å²) in [4.78, 5) is 5.34. The Morgan fingerprint density at radius 1 is 1.10 bits per heavy atom. The molecule has 0 N–H and O–H groups in total. The number of halogens is 3. The molecule has 0 aliphatic heterocycles. The van der Waals surface area contributed by atoms with Gasteiger partial charge in [0.25, 0.3) is 0 Å². The van der Waals surface area contributed by atoms with Crippen LogP contribution in [0.3, 0.4) is 0 Å². The number of aromatic nitrogens is 1. The molecule has 0 unspecified atom stereocenters. The van der Waals surface area contributed by atoms with Crippen molar-refractivity contribution in [1.29, 1.82) is 0 Å². The van der Waals surface area contributed by atoms with Crippen molar-refractivity contribution in [2.75, 3.05) is 18.0 Å². The SMILES string of the molecule is CCN(CC)c1ccc(-c2ncsc2C(F)(F)F)cc1. The Labute approximate surface area is 119 Å². The summed E-state index contributed by atoms with van der Waals surface area (Å²) in [5.74, 6) is 0. The summed E-state index contributed by atoms with van der Waals surface area (Å²) < 4.78 is 38.5. The Kier molecular flexibility index (Phi) is 4.32. The van der Waals surface area contributed by atoms with E-state index in [4.69, 9.17) is 0 Å². The molecule has 0 saturated carbocycles. The van der Waals surface area contributed by atoms with Crippen LogP contribution < -0.4 is 4.90 Å². The van der Waals surface area contributed by atoms with Crippen LogP contribution >= 0.6 is 11.3 Å². The molecule has 1 heterocycles. The maximum Gasteiger partial charge on any atom is 0.427 e. The second-order valence-corrected chi connectivity index (χ2v) is 5.10. The molecule has 0 aliphatic carbocycles. The average molecular weight is 300 g/mol. The molecule has 1 aromatic heterocycles. The fraction of sp³-hybridized carbons (Fsp3) is 0.357. The largest absolute Gasteiger partial charge is 0.427 e. The van der Waals surface area contributed by atoms with Gasteiger partial charge >= 0.3 is 6.18 Å². The molecule has 0 spiro atoms. The van der Waals surface area contributed by atoms with Gasteiger partial charge in [0.05, 0.1) is 11.2 Å². The van der Waals surface area contributed by atoms with Crippen molar-refractivity contribution in [1.82, 2.24) is 4.98 Å². The Bertz CT molecular complexity index is 557. The molecule has 1 aromatic carbocycles. The van der Waals surface area contributed by atoms with Crippen LogP contribution in [0.2, 0.25) is 0 Å². The van der Waals surface area contributed by atoms with Crippen LogP contribution in [0.1, 0.15) is 18.7 Å². The minimum Gasteiger partial charge on any atom is -0.372 e. The summed E-state index contributed by atoms with van der Waals surface area (Å²) in [6.07, 6.45) is -4.35. The zero-order valence-electron chi connectivity index (χ0n) is 11.2. The molecule has 0 bridgehead atoms. The third-order valence-electron chi connectivity index (χ3n) is 3.09. The van der Waals surface area contributed by atoms with Crippen LogP contribution in [-0.4, -0.2) is 18.1 Å². The van der Waals surface area contributed by atoms with Crippen molar-refractivity contribution >= 4 is 17.0 Å². The first-order valence-electron chi connectivity index (χ1n) is 6.33. The first kappa shape index (κ1) is 14.8. The summed E-state index contributed by atoms with van der Waals surface area (Å²) in [6, 6.07) is 7.06. The first-order chi connectivity index (χ1) is 9.47. The lowest BCUT2D eigenvalue weighted by Crippen LogP contribution is -2.21. The number of anilines is 1. The van der Waals surface area contributed by atoms with Crippen molar-refractivity contribution in [2.45, 2.75) is 20.0 Å². The fourth-order valence-corrected chi connectivity index (χ4v) is 2.75. The van der Waals surface area contributed by atoms with Crippen molar-refractivity contribution in [3.8, 4) is 11.3 Å². The van der Waals surface area contributed by atoms with Gasteiger partial charge in [-0.05, 0) is 26.0 Å². The van der Waals surface area contributed by atoms with E-state index in [0.717, 1.165) is 18.8 Å². The second kappa shape index (κ2) is 5.83. The number of thiazole rings is 1. The van der Waals surface area contributed by atoms with Gasteiger partial charge in [-0.3, -0.25) is 0 Å². The van der Waals surface area contributed by atoms with E-state index in [0.29, 0.717) is 16.9 Å². The number of alkyl halides is 3. The number of hydrogen-bond donors (Lipinski definition) is 0. The summed E-state index contributed by atoms with van der Waals surface area (Å²) >= 11 is 0.624. The topological polar surface area (TPSA) is 16.1 Å². The van der Waals surface area contributed by atoms with Crippen molar-refractivity contribution in [2.24, 2.45) is 0 Å². The summed E-state index contributed by atoms with van der Waals surface area (Å²) in [5.41, 5.74) is 2.74. The van der Waals surface area contributed by atoms with E-state index in [1.54, 1.807) is 12.1 Å². The maximum absolute atomic E-state index is 12.8. The monoisotopic (exact) mass is 300 g/mol. The molecule has 0 aliphatic rings. The van der Waals surface area contributed by atoms with Crippen LogP contribution in [0.4, 0.5) is 18.9 Å². The van der Waals surface area contributed by atoms with E-state index in [-0.39, 0.29) is 5.69 Å². The summed E-state index contributed by atoms with van der Waals surface area (Å²) in [7, 11) is 0.